The second kappa shape index (κ2) is 7.40. The summed E-state index contributed by atoms with van der Waals surface area (Å²) in [5.41, 5.74) is 2.53. The first-order chi connectivity index (χ1) is 13.5. The van der Waals surface area contributed by atoms with E-state index in [1.54, 1.807) is 36.4 Å². The van der Waals surface area contributed by atoms with Crippen molar-refractivity contribution in [1.29, 1.82) is 0 Å². The van der Waals surface area contributed by atoms with E-state index in [-0.39, 0.29) is 29.6 Å². The number of halogens is 1. The Labute approximate surface area is 168 Å². The molecule has 2 fully saturated rings. The Morgan fingerprint density at radius 3 is 2.21 bits per heavy atom. The summed E-state index contributed by atoms with van der Waals surface area (Å²) in [5.74, 6) is -0.863. The fraction of sp³-hybridized carbons (Fsp3) is 0.318. The summed E-state index contributed by atoms with van der Waals surface area (Å²) in [7, 11) is 0. The van der Waals surface area contributed by atoms with Crippen LogP contribution in [0.25, 0.3) is 0 Å². The molecule has 144 valence electrons. The van der Waals surface area contributed by atoms with Gasteiger partial charge in [-0.25, -0.2) is 0 Å². The number of hydrogen-bond acceptors (Lipinski definition) is 3. The second-order valence-electron chi connectivity index (χ2n) is 7.47. The average Bonchev–Trinajstić information content (AvgIpc) is 2.96. The van der Waals surface area contributed by atoms with Crippen molar-refractivity contribution >= 4 is 40.7 Å². The third kappa shape index (κ3) is 3.31. The molecule has 1 heterocycles. The maximum Gasteiger partial charge on any atom is 0.255 e. The van der Waals surface area contributed by atoms with Crippen LogP contribution < -0.4 is 10.2 Å². The van der Waals surface area contributed by atoms with Crippen LogP contribution in [0.1, 0.15) is 41.6 Å². The van der Waals surface area contributed by atoms with Crippen LogP contribution in [0, 0.1) is 18.8 Å². The van der Waals surface area contributed by atoms with Gasteiger partial charge in [0, 0.05) is 16.3 Å². The van der Waals surface area contributed by atoms with Gasteiger partial charge in [-0.05, 0) is 61.7 Å². The molecule has 1 saturated heterocycles. The van der Waals surface area contributed by atoms with Crippen LogP contribution in [0.3, 0.4) is 0 Å². The van der Waals surface area contributed by atoms with Gasteiger partial charge in [0.2, 0.25) is 11.8 Å². The lowest BCUT2D eigenvalue weighted by atomic mass is 9.81. The number of aryl methyl sites for hydroxylation is 1. The monoisotopic (exact) mass is 396 g/mol. The largest absolute Gasteiger partial charge is 0.322 e. The van der Waals surface area contributed by atoms with E-state index in [0.29, 0.717) is 22.0 Å². The number of rotatable bonds is 3. The summed E-state index contributed by atoms with van der Waals surface area (Å²) in [6, 6.07) is 11.9. The van der Waals surface area contributed by atoms with E-state index in [1.165, 1.54) is 4.90 Å². The molecule has 0 aromatic heterocycles. The van der Waals surface area contributed by atoms with Crippen molar-refractivity contribution in [2.45, 2.75) is 32.6 Å². The SMILES string of the molecule is Cc1ccc(Cl)cc1NC(=O)c1ccc(N2C(=O)[C@@H]3CCCC[C@H]3C2=O)cc1. The topological polar surface area (TPSA) is 66.5 Å². The summed E-state index contributed by atoms with van der Waals surface area (Å²) in [6.07, 6.45) is 3.56. The molecule has 4 rings (SSSR count). The van der Waals surface area contributed by atoms with Crippen molar-refractivity contribution in [3.63, 3.8) is 0 Å². The number of anilines is 2. The molecule has 6 heteroatoms. The maximum atomic E-state index is 12.7. The van der Waals surface area contributed by atoms with E-state index in [0.717, 1.165) is 31.2 Å². The molecule has 0 spiro atoms. The van der Waals surface area contributed by atoms with Gasteiger partial charge in [0.1, 0.15) is 0 Å². The molecule has 1 aliphatic heterocycles. The van der Waals surface area contributed by atoms with Crippen LogP contribution in [-0.2, 0) is 9.59 Å². The van der Waals surface area contributed by atoms with Crippen LogP contribution in [-0.4, -0.2) is 17.7 Å². The number of amides is 3. The van der Waals surface area contributed by atoms with Gasteiger partial charge in [-0.2, -0.15) is 0 Å². The Morgan fingerprint density at radius 2 is 1.61 bits per heavy atom. The van der Waals surface area contributed by atoms with Crippen LogP contribution in [0.4, 0.5) is 11.4 Å². The van der Waals surface area contributed by atoms with E-state index in [1.807, 2.05) is 13.0 Å². The molecular weight excluding hydrogens is 376 g/mol. The second-order valence-corrected chi connectivity index (χ2v) is 7.91. The highest BCUT2D eigenvalue weighted by molar-refractivity contribution is 6.31. The minimum absolute atomic E-state index is 0.110. The highest BCUT2D eigenvalue weighted by Gasteiger charge is 2.48. The zero-order chi connectivity index (χ0) is 19.8. The van der Waals surface area contributed by atoms with Gasteiger partial charge in [-0.3, -0.25) is 19.3 Å². The summed E-state index contributed by atoms with van der Waals surface area (Å²) in [4.78, 5) is 39.2. The molecule has 0 radical (unpaired) electrons. The van der Waals surface area contributed by atoms with E-state index in [2.05, 4.69) is 5.32 Å². The molecule has 2 atom stereocenters. The first-order valence-corrected chi connectivity index (χ1v) is 9.89. The highest BCUT2D eigenvalue weighted by Crippen LogP contribution is 2.40. The number of carbonyl (C=O) groups excluding carboxylic acids is 3. The predicted octanol–water partition coefficient (Wildman–Crippen LogP) is 4.58. The number of nitrogens with one attached hydrogen (secondary N) is 1. The molecule has 2 aliphatic rings. The molecule has 2 aromatic rings. The fourth-order valence-electron chi connectivity index (χ4n) is 4.10. The van der Waals surface area contributed by atoms with Gasteiger partial charge in [-0.15, -0.1) is 0 Å². The first kappa shape index (κ1) is 18.7. The molecule has 28 heavy (non-hydrogen) atoms. The number of nitrogens with zero attached hydrogens (tertiary/aromatic N) is 1. The van der Waals surface area contributed by atoms with Crippen molar-refractivity contribution in [1.82, 2.24) is 0 Å². The number of hydrogen-bond donors (Lipinski definition) is 1. The third-order valence-electron chi connectivity index (χ3n) is 5.68. The molecule has 1 saturated carbocycles. The molecular formula is C22H21ClN2O3. The van der Waals surface area contributed by atoms with Crippen LogP contribution in [0.5, 0.6) is 0 Å². The number of imide groups is 1. The zero-order valence-corrected chi connectivity index (χ0v) is 16.3. The number of carbonyl (C=O) groups is 3. The zero-order valence-electron chi connectivity index (χ0n) is 15.6. The van der Waals surface area contributed by atoms with E-state index < -0.39 is 0 Å². The Balaban J connectivity index is 1.52. The summed E-state index contributed by atoms with van der Waals surface area (Å²) >= 11 is 6.00. The van der Waals surface area contributed by atoms with Gasteiger partial charge < -0.3 is 5.32 Å². The van der Waals surface area contributed by atoms with Gasteiger partial charge in [0.15, 0.2) is 0 Å². The Hall–Kier alpha value is -2.66. The van der Waals surface area contributed by atoms with Crippen LogP contribution >= 0.6 is 11.6 Å². The minimum atomic E-state index is -0.273. The smallest absolute Gasteiger partial charge is 0.255 e. The standard InChI is InChI=1S/C22H21ClN2O3/c1-13-6-9-15(23)12-19(13)24-20(26)14-7-10-16(11-8-14)25-21(27)17-4-2-3-5-18(17)22(25)28/h6-12,17-18H,2-5H2,1H3,(H,24,26)/t17-,18-/m1/s1. The summed E-state index contributed by atoms with van der Waals surface area (Å²) < 4.78 is 0. The normalized spacial score (nSPS) is 21.6. The molecule has 0 unspecified atom stereocenters. The van der Waals surface area contributed by atoms with Crippen LogP contribution in [0.2, 0.25) is 5.02 Å². The van der Waals surface area contributed by atoms with Gasteiger partial charge in [0.25, 0.3) is 5.91 Å². The number of fused-ring (bicyclic) bond motifs is 1. The first-order valence-electron chi connectivity index (χ1n) is 9.51. The lowest BCUT2D eigenvalue weighted by Crippen LogP contribution is -2.30. The lowest BCUT2D eigenvalue weighted by Gasteiger charge is -2.19. The molecule has 1 aliphatic carbocycles. The van der Waals surface area contributed by atoms with Crippen molar-refractivity contribution in [2.75, 3.05) is 10.2 Å². The lowest BCUT2D eigenvalue weighted by molar-refractivity contribution is -0.122. The van der Waals surface area contributed by atoms with Gasteiger partial charge in [-0.1, -0.05) is 30.5 Å². The van der Waals surface area contributed by atoms with Gasteiger partial charge in [0.05, 0.1) is 17.5 Å². The van der Waals surface area contributed by atoms with Crippen molar-refractivity contribution in [3.8, 4) is 0 Å². The van der Waals surface area contributed by atoms with Crippen molar-refractivity contribution in [3.05, 3.63) is 58.6 Å². The summed E-state index contributed by atoms with van der Waals surface area (Å²) in [5, 5.41) is 3.39. The Morgan fingerprint density at radius 1 is 1.00 bits per heavy atom. The van der Waals surface area contributed by atoms with E-state index >= 15 is 0 Å². The predicted molar refractivity (Wildman–Crippen MR) is 109 cm³/mol. The summed E-state index contributed by atoms with van der Waals surface area (Å²) in [6.45, 7) is 1.89. The Kier molecular flexibility index (Phi) is 4.94. The van der Waals surface area contributed by atoms with E-state index in [4.69, 9.17) is 11.6 Å². The van der Waals surface area contributed by atoms with Crippen LogP contribution in [0.15, 0.2) is 42.5 Å². The molecule has 2 aromatic carbocycles. The number of benzene rings is 2. The van der Waals surface area contributed by atoms with Crippen molar-refractivity contribution < 1.29 is 14.4 Å². The maximum absolute atomic E-state index is 12.7. The molecule has 0 bridgehead atoms. The molecule has 1 N–H and O–H groups in total. The average molecular weight is 397 g/mol. The minimum Gasteiger partial charge on any atom is -0.322 e. The molecule has 3 amide bonds. The Bertz CT molecular complexity index is 931. The quantitative estimate of drug-likeness (QED) is 0.772. The highest BCUT2D eigenvalue weighted by atomic mass is 35.5. The van der Waals surface area contributed by atoms with Crippen molar-refractivity contribution in [2.24, 2.45) is 11.8 Å². The van der Waals surface area contributed by atoms with E-state index in [9.17, 15) is 14.4 Å². The molecule has 5 nitrogen and oxygen atoms in total. The van der Waals surface area contributed by atoms with Gasteiger partial charge >= 0.3 is 0 Å². The fourth-order valence-corrected chi connectivity index (χ4v) is 4.27. The third-order valence-corrected chi connectivity index (χ3v) is 5.91.